The van der Waals surface area contributed by atoms with Crippen LogP contribution in [-0.4, -0.2) is 16.5 Å². The zero-order valence-corrected chi connectivity index (χ0v) is 18.4. The molecule has 1 nitrogen and oxygen atoms in total. The minimum atomic E-state index is -1.61. The summed E-state index contributed by atoms with van der Waals surface area (Å²) < 4.78 is 13.3. The van der Waals surface area contributed by atoms with Crippen LogP contribution in [0.4, 0.5) is 0 Å². The minimum Gasteiger partial charge on any atom is -0.326 e. The highest BCUT2D eigenvalue weighted by Crippen LogP contribution is 2.56. The summed E-state index contributed by atoms with van der Waals surface area (Å²) in [5.41, 5.74) is 0.964. The van der Waals surface area contributed by atoms with Crippen LogP contribution in [0.15, 0.2) is 60.7 Å². The van der Waals surface area contributed by atoms with Gasteiger partial charge in [-0.1, -0.05) is 94.8 Å². The zero-order chi connectivity index (χ0) is 18.7. The third-order valence-corrected chi connectivity index (χ3v) is 11.5. The lowest BCUT2D eigenvalue weighted by molar-refractivity contribution is 0.504. The van der Waals surface area contributed by atoms with Crippen LogP contribution in [0.25, 0.3) is 0 Å². The van der Waals surface area contributed by atoms with Gasteiger partial charge in [0.25, 0.3) is 0 Å². The number of rotatable bonds is 5. The summed E-state index contributed by atoms with van der Waals surface area (Å²) >= 11 is 0. The lowest BCUT2D eigenvalue weighted by atomic mass is 10.0. The maximum absolute atomic E-state index is 13.3. The third-order valence-electron chi connectivity index (χ3n) is 5.74. The Balaban J connectivity index is 1.95. The predicted molar refractivity (Wildman–Crippen MR) is 118 cm³/mol. The van der Waals surface area contributed by atoms with Gasteiger partial charge in [-0.25, -0.2) is 0 Å². The van der Waals surface area contributed by atoms with Gasteiger partial charge in [0.1, 0.15) is 0 Å². The Hall–Kier alpha value is -0.900. The second kappa shape index (κ2) is 8.41. The fourth-order valence-corrected chi connectivity index (χ4v) is 9.99. The molecule has 3 heteroatoms. The first-order valence-corrected chi connectivity index (χ1v) is 12.7. The highest BCUT2D eigenvalue weighted by molar-refractivity contribution is 7.73. The van der Waals surface area contributed by atoms with Gasteiger partial charge in [-0.05, 0) is 42.9 Å². The molecular weight excluding hydrogens is 354 g/mol. The number of hydrogen-bond donors (Lipinski definition) is 0. The van der Waals surface area contributed by atoms with E-state index in [-0.39, 0.29) is 5.16 Å². The van der Waals surface area contributed by atoms with E-state index in [0.717, 1.165) is 6.42 Å². The first-order chi connectivity index (χ1) is 12.4. The molecule has 4 unspecified atom stereocenters. The van der Waals surface area contributed by atoms with Crippen LogP contribution in [0.2, 0.25) is 0 Å². The first kappa shape index (κ1) is 19.9. The standard InChI is InChI=1S/C23H32OP2/c1-18(21-16-11-17-22(21)26(24)23(2,3)4)25(19-12-7-5-8-13-19)20-14-9-6-10-15-20/h5-10,12-15,18,21-22,26H,11,16-17H2,1-4H3. The van der Waals surface area contributed by atoms with Crippen molar-refractivity contribution in [3.8, 4) is 0 Å². The summed E-state index contributed by atoms with van der Waals surface area (Å²) in [6.45, 7) is 8.90. The van der Waals surface area contributed by atoms with E-state index >= 15 is 0 Å². The smallest absolute Gasteiger partial charge is 0.0844 e. The SMILES string of the molecule is CC(C1CCCC1[PH](=O)C(C)(C)C)P(c1ccccc1)c1ccccc1. The van der Waals surface area contributed by atoms with Gasteiger partial charge in [-0.15, -0.1) is 0 Å². The Labute approximate surface area is 161 Å². The summed E-state index contributed by atoms with van der Waals surface area (Å²) in [6, 6.07) is 22.0. The molecule has 0 aliphatic heterocycles. The number of hydrogen-bond acceptors (Lipinski definition) is 1. The van der Waals surface area contributed by atoms with Gasteiger partial charge in [0.2, 0.25) is 0 Å². The predicted octanol–water partition coefficient (Wildman–Crippen LogP) is 6.03. The van der Waals surface area contributed by atoms with Crippen LogP contribution >= 0.6 is 15.7 Å². The Morgan fingerprint density at radius 3 is 1.88 bits per heavy atom. The highest BCUT2D eigenvalue weighted by Gasteiger charge is 2.41. The molecule has 4 atom stereocenters. The fourth-order valence-electron chi connectivity index (χ4n) is 4.44. The topological polar surface area (TPSA) is 17.1 Å². The van der Waals surface area contributed by atoms with Crippen molar-refractivity contribution in [3.63, 3.8) is 0 Å². The average Bonchev–Trinajstić information content (AvgIpc) is 3.12. The third kappa shape index (κ3) is 4.32. The van der Waals surface area contributed by atoms with Crippen LogP contribution < -0.4 is 10.6 Å². The molecule has 0 amide bonds. The molecule has 0 N–H and O–H groups in total. The van der Waals surface area contributed by atoms with Crippen LogP contribution in [0.5, 0.6) is 0 Å². The number of benzene rings is 2. The van der Waals surface area contributed by atoms with Crippen molar-refractivity contribution in [1.82, 2.24) is 0 Å². The lowest BCUT2D eigenvalue weighted by Crippen LogP contribution is -2.31. The molecule has 1 fully saturated rings. The maximum Gasteiger partial charge on any atom is 0.0844 e. The summed E-state index contributed by atoms with van der Waals surface area (Å²) in [6.07, 6.45) is 3.62. The van der Waals surface area contributed by atoms with Crippen LogP contribution in [0.1, 0.15) is 47.0 Å². The van der Waals surface area contributed by atoms with E-state index < -0.39 is 15.7 Å². The van der Waals surface area contributed by atoms with Gasteiger partial charge in [0, 0.05) is 10.8 Å². The summed E-state index contributed by atoms with van der Waals surface area (Å²) in [5, 5.41) is 2.84. The van der Waals surface area contributed by atoms with Crippen molar-refractivity contribution in [2.24, 2.45) is 5.92 Å². The van der Waals surface area contributed by atoms with Gasteiger partial charge in [0.05, 0.1) is 7.80 Å². The molecular formula is C23H32OP2. The molecule has 0 spiro atoms. The molecule has 140 valence electrons. The highest BCUT2D eigenvalue weighted by atomic mass is 31.1. The molecule has 2 aromatic carbocycles. The molecule has 2 aromatic rings. The van der Waals surface area contributed by atoms with Gasteiger partial charge in [-0.3, -0.25) is 0 Å². The van der Waals surface area contributed by atoms with E-state index in [2.05, 4.69) is 88.4 Å². The van der Waals surface area contributed by atoms with Gasteiger partial charge in [0.15, 0.2) is 0 Å². The summed E-state index contributed by atoms with van der Waals surface area (Å²) in [5.74, 6) is 0.576. The molecule has 1 aliphatic carbocycles. The van der Waals surface area contributed by atoms with Gasteiger partial charge in [-0.2, -0.15) is 0 Å². The lowest BCUT2D eigenvalue weighted by Gasteiger charge is -2.35. The van der Waals surface area contributed by atoms with Crippen molar-refractivity contribution >= 4 is 26.3 Å². The van der Waals surface area contributed by atoms with Gasteiger partial charge >= 0.3 is 0 Å². The molecule has 1 saturated carbocycles. The van der Waals surface area contributed by atoms with Crippen molar-refractivity contribution in [1.29, 1.82) is 0 Å². The first-order valence-electron chi connectivity index (χ1n) is 9.83. The van der Waals surface area contributed by atoms with E-state index in [1.807, 2.05) is 0 Å². The summed E-state index contributed by atoms with van der Waals surface area (Å²) in [7, 11) is -2.04. The Morgan fingerprint density at radius 1 is 0.923 bits per heavy atom. The summed E-state index contributed by atoms with van der Waals surface area (Å²) in [4.78, 5) is 0. The van der Waals surface area contributed by atoms with Crippen LogP contribution in [0.3, 0.4) is 0 Å². The molecule has 3 rings (SSSR count). The molecule has 0 radical (unpaired) electrons. The van der Waals surface area contributed by atoms with E-state index in [9.17, 15) is 4.57 Å². The van der Waals surface area contributed by atoms with Crippen molar-refractivity contribution in [2.75, 3.05) is 0 Å². The van der Waals surface area contributed by atoms with Crippen LogP contribution in [-0.2, 0) is 4.57 Å². The van der Waals surface area contributed by atoms with Crippen LogP contribution in [0, 0.1) is 5.92 Å². The van der Waals surface area contributed by atoms with E-state index in [1.54, 1.807) is 0 Å². The molecule has 0 saturated heterocycles. The largest absolute Gasteiger partial charge is 0.326 e. The fraction of sp³-hybridized carbons (Fsp3) is 0.478. The quantitative estimate of drug-likeness (QED) is 0.573. The second-order valence-electron chi connectivity index (χ2n) is 8.60. The Bertz CT molecular complexity index is 681. The average molecular weight is 386 g/mol. The molecule has 26 heavy (non-hydrogen) atoms. The minimum absolute atomic E-state index is 0.0557. The van der Waals surface area contributed by atoms with E-state index in [0.29, 0.717) is 17.2 Å². The van der Waals surface area contributed by atoms with E-state index in [4.69, 9.17) is 0 Å². The maximum atomic E-state index is 13.3. The monoisotopic (exact) mass is 386 g/mol. The Kier molecular flexibility index (Phi) is 6.42. The molecule has 1 aliphatic rings. The molecule has 0 aromatic heterocycles. The molecule has 0 bridgehead atoms. The molecule has 0 heterocycles. The van der Waals surface area contributed by atoms with Crippen molar-refractivity contribution in [2.45, 2.75) is 63.4 Å². The van der Waals surface area contributed by atoms with Crippen molar-refractivity contribution in [3.05, 3.63) is 60.7 Å². The van der Waals surface area contributed by atoms with Crippen molar-refractivity contribution < 1.29 is 4.57 Å². The normalized spacial score (nSPS) is 23.1. The second-order valence-corrected chi connectivity index (χ2v) is 14.2. The van der Waals surface area contributed by atoms with Gasteiger partial charge < -0.3 is 4.57 Å². The Morgan fingerprint density at radius 2 is 1.42 bits per heavy atom. The zero-order valence-electron chi connectivity index (χ0n) is 16.5. The van der Waals surface area contributed by atoms with E-state index in [1.165, 1.54) is 23.5 Å².